The Kier molecular flexibility index (Phi) is 12.1. The maximum absolute atomic E-state index is 12.6. The van der Waals surface area contributed by atoms with Gasteiger partial charge in [0.25, 0.3) is 0 Å². The van der Waals surface area contributed by atoms with Gasteiger partial charge >= 0.3 is 195 Å². The number of carbonyl (C=O) groups is 1. The van der Waals surface area contributed by atoms with Crippen LogP contribution in [0.3, 0.4) is 0 Å². The summed E-state index contributed by atoms with van der Waals surface area (Å²) < 4.78 is 32.6. The molecule has 0 fully saturated rings. The first-order chi connectivity index (χ1) is 19.0. The van der Waals surface area contributed by atoms with Crippen LogP contribution in [0.15, 0.2) is 66.7 Å². The van der Waals surface area contributed by atoms with Crippen molar-refractivity contribution in [1.29, 1.82) is 0 Å². The number of aliphatic hydroxyl groups excluding tert-OH is 1. The zero-order valence-corrected chi connectivity index (χ0v) is 24.5. The number of rotatable bonds is 15. The van der Waals surface area contributed by atoms with Crippen molar-refractivity contribution in [3.8, 4) is 28.7 Å². The van der Waals surface area contributed by atoms with Crippen molar-refractivity contribution < 1.29 is 38.3 Å². The van der Waals surface area contributed by atoms with Gasteiger partial charge in [-0.25, -0.2) is 0 Å². The van der Waals surface area contributed by atoms with Crippen LogP contribution in [0.25, 0.3) is 11.6 Å². The van der Waals surface area contributed by atoms with Gasteiger partial charge < -0.3 is 9.47 Å². The number of hydrogen-bond acceptors (Lipinski definition) is 8. The summed E-state index contributed by atoms with van der Waals surface area (Å²) in [5.74, 6) is 2.77. The van der Waals surface area contributed by atoms with Crippen LogP contribution in [0, 0.1) is 0 Å². The molecule has 0 aliphatic rings. The molecule has 0 aliphatic heterocycles. The second-order valence-electron chi connectivity index (χ2n) is 8.28. The molecule has 3 rings (SSSR count). The molecule has 9 heteroatoms. The Morgan fingerprint density at radius 3 is 2.21 bits per heavy atom. The molecule has 0 amide bonds. The Morgan fingerprint density at radius 2 is 1.54 bits per heavy atom. The molecule has 207 valence electrons. The van der Waals surface area contributed by atoms with E-state index in [4.69, 9.17) is 28.4 Å². The molecule has 8 nitrogen and oxygen atoms in total. The average molecular weight is 598 g/mol. The van der Waals surface area contributed by atoms with E-state index in [1.165, 1.54) is 7.11 Å². The van der Waals surface area contributed by atoms with E-state index >= 15 is 0 Å². The molecule has 0 heterocycles. The molecule has 0 saturated carbocycles. The van der Waals surface area contributed by atoms with Crippen LogP contribution in [-0.4, -0.2) is 74.6 Å². The van der Waals surface area contributed by atoms with Gasteiger partial charge in [0.05, 0.1) is 14.2 Å². The summed E-state index contributed by atoms with van der Waals surface area (Å²) in [4.78, 5) is 12.6. The third-order valence-corrected chi connectivity index (χ3v) is 8.14. The SMILES string of the molecule is COC(=O)C(=Cc1ccc(OC)cc1OC)c1ccc(OCC(O)C[As]CCOc2ccccc2OC)cc1. The van der Waals surface area contributed by atoms with Gasteiger partial charge in [-0.3, -0.25) is 0 Å². The number of esters is 1. The van der Waals surface area contributed by atoms with Crippen molar-refractivity contribution >= 4 is 33.4 Å². The van der Waals surface area contributed by atoms with Gasteiger partial charge in [-0.1, -0.05) is 0 Å². The fourth-order valence-electron chi connectivity index (χ4n) is 3.64. The van der Waals surface area contributed by atoms with Crippen molar-refractivity contribution in [3.63, 3.8) is 0 Å². The molecular weight excluding hydrogens is 563 g/mol. The summed E-state index contributed by atoms with van der Waals surface area (Å²) in [5.41, 5.74) is 1.73. The molecule has 39 heavy (non-hydrogen) atoms. The van der Waals surface area contributed by atoms with E-state index in [1.54, 1.807) is 63.8 Å². The third-order valence-electron chi connectivity index (χ3n) is 5.67. The van der Waals surface area contributed by atoms with E-state index in [0.29, 0.717) is 51.5 Å². The Hall–Kier alpha value is -3.61. The molecular formula is C30H34AsO8. The van der Waals surface area contributed by atoms with Crippen molar-refractivity contribution in [2.24, 2.45) is 0 Å². The van der Waals surface area contributed by atoms with Crippen LogP contribution in [-0.2, 0) is 9.53 Å². The Balaban J connectivity index is 1.52. The monoisotopic (exact) mass is 597 g/mol. The number of aliphatic hydroxyl groups is 1. The zero-order valence-electron chi connectivity index (χ0n) is 22.6. The normalized spacial score (nSPS) is 12.2. The molecule has 1 unspecified atom stereocenters. The first-order valence-electron chi connectivity index (χ1n) is 12.3. The van der Waals surface area contributed by atoms with E-state index < -0.39 is 12.1 Å². The number of para-hydroxylation sites is 2. The van der Waals surface area contributed by atoms with E-state index in [1.807, 2.05) is 30.3 Å². The summed E-state index contributed by atoms with van der Waals surface area (Å²) in [7, 11) is 6.09. The van der Waals surface area contributed by atoms with Crippen molar-refractivity contribution in [3.05, 3.63) is 77.9 Å². The standard InChI is InChI=1S/C30H34AsO8/c1-34-25-14-11-22(29(18-25)36-3)17-26(30(33)37-4)21-9-12-24(13-10-21)39-20-23(32)19-31-15-16-38-28-8-6-5-7-27(28)35-2/h5-14,17-18,23,32H,15-16,19-20H2,1-4H3. The average Bonchev–Trinajstić information content (AvgIpc) is 2.98. The minimum atomic E-state index is -0.566. The van der Waals surface area contributed by atoms with Gasteiger partial charge in [0, 0.05) is 6.07 Å². The molecule has 1 N–H and O–H groups in total. The molecule has 3 aromatic rings. The fourth-order valence-corrected chi connectivity index (χ4v) is 5.33. The first kappa shape index (κ1) is 29.9. The van der Waals surface area contributed by atoms with Crippen LogP contribution in [0.2, 0.25) is 10.4 Å². The molecule has 1 atom stereocenters. The van der Waals surface area contributed by atoms with Gasteiger partial charge in [0.2, 0.25) is 0 Å². The predicted octanol–water partition coefficient (Wildman–Crippen LogP) is 4.79. The molecule has 0 aromatic heterocycles. The summed E-state index contributed by atoms with van der Waals surface area (Å²) in [6.45, 7) is 0.763. The Bertz CT molecular complexity index is 1230. The van der Waals surface area contributed by atoms with E-state index in [2.05, 4.69) is 0 Å². The molecule has 0 spiro atoms. The van der Waals surface area contributed by atoms with Crippen LogP contribution >= 0.6 is 0 Å². The third kappa shape index (κ3) is 8.98. The van der Waals surface area contributed by atoms with Crippen LogP contribution in [0.4, 0.5) is 0 Å². The summed E-state index contributed by atoms with van der Waals surface area (Å²) in [6.07, 6.45) is 1.15. The Morgan fingerprint density at radius 1 is 0.846 bits per heavy atom. The summed E-state index contributed by atoms with van der Waals surface area (Å²) in [6, 6.07) is 20.0. The second kappa shape index (κ2) is 15.7. The van der Waals surface area contributed by atoms with Crippen LogP contribution in [0.5, 0.6) is 28.7 Å². The van der Waals surface area contributed by atoms with E-state index in [9.17, 15) is 9.90 Å². The molecule has 3 aromatic carbocycles. The van der Waals surface area contributed by atoms with Gasteiger partial charge in [0.15, 0.2) is 0 Å². The van der Waals surface area contributed by atoms with Crippen LogP contribution < -0.4 is 23.7 Å². The minimum absolute atomic E-state index is 0.0876. The van der Waals surface area contributed by atoms with E-state index in [0.717, 1.165) is 11.0 Å². The molecule has 0 bridgehead atoms. The molecule has 1 radical (unpaired) electrons. The zero-order chi connectivity index (χ0) is 28.0. The predicted molar refractivity (Wildman–Crippen MR) is 151 cm³/mol. The number of benzene rings is 3. The van der Waals surface area contributed by atoms with Crippen molar-refractivity contribution in [2.45, 2.75) is 16.5 Å². The number of methoxy groups -OCH3 is 4. The van der Waals surface area contributed by atoms with Gasteiger partial charge in [-0.05, 0) is 6.07 Å². The Labute approximate surface area is 236 Å². The number of carbonyl (C=O) groups excluding carboxylic acids is 1. The van der Waals surface area contributed by atoms with Crippen molar-refractivity contribution in [1.82, 2.24) is 0 Å². The second-order valence-corrected chi connectivity index (χ2v) is 10.9. The summed E-state index contributed by atoms with van der Waals surface area (Å²) in [5, 5.41) is 11.9. The van der Waals surface area contributed by atoms with E-state index in [-0.39, 0.29) is 22.4 Å². The van der Waals surface area contributed by atoms with Crippen LogP contribution in [0.1, 0.15) is 11.1 Å². The van der Waals surface area contributed by atoms with Gasteiger partial charge in [-0.2, -0.15) is 0 Å². The quantitative estimate of drug-likeness (QED) is 0.0880. The topological polar surface area (TPSA) is 92.7 Å². The maximum atomic E-state index is 12.6. The molecule has 0 aliphatic carbocycles. The first-order valence-corrected chi connectivity index (χ1v) is 15.0. The number of ether oxygens (including phenoxy) is 6. The van der Waals surface area contributed by atoms with Gasteiger partial charge in [0.1, 0.15) is 5.75 Å². The molecule has 0 saturated heterocycles. The summed E-state index contributed by atoms with van der Waals surface area (Å²) >= 11 is -0.0876. The number of hydrogen-bond donors (Lipinski definition) is 1. The van der Waals surface area contributed by atoms with Crippen molar-refractivity contribution in [2.75, 3.05) is 41.7 Å². The van der Waals surface area contributed by atoms with Gasteiger partial charge in [-0.15, -0.1) is 0 Å². The fraction of sp³-hybridized carbons (Fsp3) is 0.300.